The summed E-state index contributed by atoms with van der Waals surface area (Å²) >= 11 is 2.25. The third-order valence-corrected chi connectivity index (χ3v) is 5.47. The smallest absolute Gasteiger partial charge is 0.226 e. The summed E-state index contributed by atoms with van der Waals surface area (Å²) in [7, 11) is 0. The fourth-order valence-electron chi connectivity index (χ4n) is 2.97. The first-order valence-electron chi connectivity index (χ1n) is 8.08. The average molecular weight is 446 g/mol. The van der Waals surface area contributed by atoms with Crippen molar-refractivity contribution < 1.29 is 9.59 Å². The first-order chi connectivity index (χ1) is 12.0. The summed E-state index contributed by atoms with van der Waals surface area (Å²) in [5.74, 6) is -0.186. The van der Waals surface area contributed by atoms with E-state index in [0.29, 0.717) is 0 Å². The molecular weight excluding hydrogens is 427 g/mol. The molecule has 1 heterocycles. The van der Waals surface area contributed by atoms with Crippen molar-refractivity contribution in [2.24, 2.45) is 0 Å². The molecule has 1 N–H and O–H groups in total. The summed E-state index contributed by atoms with van der Waals surface area (Å²) in [5.41, 5.74) is 3.98. The van der Waals surface area contributed by atoms with E-state index >= 15 is 0 Å². The number of hydrogen-bond acceptors (Lipinski definition) is 2. The standard InChI is InChI=1S/C20H19IN2O2/c1-13-7-8-16(11-18(13)21)22-20(25)12-19-17-6-4-3-5-15(17)9-10-23(19)14(2)24/h3-11,19H,12H2,1-2H3,(H,22,25)/t19-/m0/s1. The summed E-state index contributed by atoms with van der Waals surface area (Å²) in [4.78, 5) is 26.2. The maximum absolute atomic E-state index is 12.6. The Hall–Kier alpha value is -2.15. The van der Waals surface area contributed by atoms with Crippen LogP contribution in [0.1, 0.15) is 36.1 Å². The number of aryl methyl sites for hydroxylation is 1. The van der Waals surface area contributed by atoms with Crippen LogP contribution in [0.25, 0.3) is 6.08 Å². The van der Waals surface area contributed by atoms with Crippen LogP contribution in [0, 0.1) is 10.5 Å². The molecule has 0 saturated carbocycles. The van der Waals surface area contributed by atoms with Gasteiger partial charge >= 0.3 is 0 Å². The second-order valence-electron chi connectivity index (χ2n) is 6.10. The van der Waals surface area contributed by atoms with Crippen molar-refractivity contribution in [2.45, 2.75) is 26.3 Å². The van der Waals surface area contributed by atoms with Crippen LogP contribution in [0.3, 0.4) is 0 Å². The van der Waals surface area contributed by atoms with Crippen molar-refractivity contribution in [3.63, 3.8) is 0 Å². The fraction of sp³-hybridized carbons (Fsp3) is 0.200. The zero-order valence-electron chi connectivity index (χ0n) is 14.1. The molecule has 0 unspecified atom stereocenters. The van der Waals surface area contributed by atoms with E-state index in [1.54, 1.807) is 11.1 Å². The quantitative estimate of drug-likeness (QED) is 0.706. The van der Waals surface area contributed by atoms with Gasteiger partial charge in [-0.2, -0.15) is 0 Å². The number of nitrogens with zero attached hydrogens (tertiary/aromatic N) is 1. The molecule has 0 aliphatic carbocycles. The number of nitrogens with one attached hydrogen (secondary N) is 1. The normalized spacial score (nSPS) is 15.6. The lowest BCUT2D eigenvalue weighted by atomic mass is 9.93. The molecule has 0 spiro atoms. The van der Waals surface area contributed by atoms with Crippen LogP contribution in [0.5, 0.6) is 0 Å². The van der Waals surface area contributed by atoms with E-state index in [2.05, 4.69) is 27.9 Å². The van der Waals surface area contributed by atoms with Gasteiger partial charge in [-0.25, -0.2) is 0 Å². The molecule has 0 aromatic heterocycles. The van der Waals surface area contributed by atoms with Crippen molar-refractivity contribution in [2.75, 3.05) is 5.32 Å². The summed E-state index contributed by atoms with van der Waals surface area (Å²) in [6.45, 7) is 3.55. The average Bonchev–Trinajstić information content (AvgIpc) is 2.58. The summed E-state index contributed by atoms with van der Waals surface area (Å²) in [6, 6.07) is 13.4. The second kappa shape index (κ2) is 7.39. The SMILES string of the molecule is CC(=O)N1C=Cc2ccccc2[C@@H]1CC(=O)Nc1ccc(C)c(I)c1. The summed E-state index contributed by atoms with van der Waals surface area (Å²) < 4.78 is 1.10. The number of halogens is 1. The number of carbonyl (C=O) groups is 2. The van der Waals surface area contributed by atoms with E-state index in [1.807, 2.05) is 55.5 Å². The molecule has 1 aliphatic heterocycles. The molecule has 2 aromatic carbocycles. The van der Waals surface area contributed by atoms with Crippen LogP contribution in [-0.4, -0.2) is 16.7 Å². The third-order valence-electron chi connectivity index (χ3n) is 4.30. The lowest BCUT2D eigenvalue weighted by molar-refractivity contribution is -0.129. The van der Waals surface area contributed by atoms with Crippen molar-refractivity contribution in [3.05, 3.63) is 68.9 Å². The van der Waals surface area contributed by atoms with E-state index in [1.165, 1.54) is 12.5 Å². The number of anilines is 1. The van der Waals surface area contributed by atoms with Gasteiger partial charge in [-0.05, 0) is 64.4 Å². The molecule has 1 aliphatic rings. The summed E-state index contributed by atoms with van der Waals surface area (Å²) in [6.07, 6.45) is 3.89. The van der Waals surface area contributed by atoms with E-state index in [0.717, 1.165) is 20.4 Å². The topological polar surface area (TPSA) is 49.4 Å². The molecule has 0 fully saturated rings. The van der Waals surface area contributed by atoms with Gasteiger partial charge in [0.2, 0.25) is 11.8 Å². The van der Waals surface area contributed by atoms with Gasteiger partial charge in [0, 0.05) is 22.4 Å². The van der Waals surface area contributed by atoms with Crippen molar-refractivity contribution in [1.29, 1.82) is 0 Å². The van der Waals surface area contributed by atoms with Gasteiger partial charge in [-0.3, -0.25) is 9.59 Å². The molecule has 3 rings (SSSR count). The highest BCUT2D eigenvalue weighted by Gasteiger charge is 2.28. The van der Waals surface area contributed by atoms with E-state index in [9.17, 15) is 9.59 Å². The van der Waals surface area contributed by atoms with Gasteiger partial charge in [0.1, 0.15) is 0 Å². The molecule has 4 nitrogen and oxygen atoms in total. The largest absolute Gasteiger partial charge is 0.326 e. The van der Waals surface area contributed by atoms with Crippen molar-refractivity contribution in [1.82, 2.24) is 4.90 Å². The van der Waals surface area contributed by atoms with Gasteiger partial charge in [0.25, 0.3) is 0 Å². The molecule has 0 saturated heterocycles. The van der Waals surface area contributed by atoms with Crippen LogP contribution in [0.2, 0.25) is 0 Å². The number of amides is 2. The zero-order valence-corrected chi connectivity index (χ0v) is 16.3. The fourth-order valence-corrected chi connectivity index (χ4v) is 3.49. The molecule has 2 aromatic rings. The molecular formula is C20H19IN2O2. The molecule has 1 atom stereocenters. The number of hydrogen-bond donors (Lipinski definition) is 1. The van der Waals surface area contributed by atoms with Crippen LogP contribution >= 0.6 is 22.6 Å². The highest BCUT2D eigenvalue weighted by Crippen LogP contribution is 2.33. The maximum atomic E-state index is 12.6. The molecule has 2 amide bonds. The number of carbonyl (C=O) groups excluding carboxylic acids is 2. The predicted molar refractivity (Wildman–Crippen MR) is 108 cm³/mol. The van der Waals surface area contributed by atoms with Gasteiger partial charge in [0.15, 0.2) is 0 Å². The Morgan fingerprint density at radius 1 is 1.20 bits per heavy atom. The third kappa shape index (κ3) is 3.92. The monoisotopic (exact) mass is 446 g/mol. The maximum Gasteiger partial charge on any atom is 0.226 e. The zero-order chi connectivity index (χ0) is 18.0. The van der Waals surface area contributed by atoms with Crippen LogP contribution in [0.4, 0.5) is 5.69 Å². The lowest BCUT2D eigenvalue weighted by Gasteiger charge is -2.32. The molecule has 25 heavy (non-hydrogen) atoms. The van der Waals surface area contributed by atoms with Crippen LogP contribution in [-0.2, 0) is 9.59 Å². The predicted octanol–water partition coefficient (Wildman–Crippen LogP) is 4.50. The van der Waals surface area contributed by atoms with E-state index < -0.39 is 0 Å². The van der Waals surface area contributed by atoms with Crippen molar-refractivity contribution >= 4 is 46.2 Å². The Morgan fingerprint density at radius 3 is 2.68 bits per heavy atom. The van der Waals surface area contributed by atoms with Gasteiger partial charge < -0.3 is 10.2 Å². The van der Waals surface area contributed by atoms with E-state index in [4.69, 9.17) is 0 Å². The first kappa shape index (κ1) is 17.7. The van der Waals surface area contributed by atoms with Crippen LogP contribution in [0.15, 0.2) is 48.7 Å². The van der Waals surface area contributed by atoms with Crippen molar-refractivity contribution in [3.8, 4) is 0 Å². The minimum Gasteiger partial charge on any atom is -0.326 e. The Morgan fingerprint density at radius 2 is 1.96 bits per heavy atom. The summed E-state index contributed by atoms with van der Waals surface area (Å²) in [5, 5.41) is 2.94. The van der Waals surface area contributed by atoms with Gasteiger partial charge in [-0.1, -0.05) is 30.3 Å². The number of rotatable bonds is 3. The minimum absolute atomic E-state index is 0.0755. The molecule has 0 bridgehead atoms. The second-order valence-corrected chi connectivity index (χ2v) is 7.27. The highest BCUT2D eigenvalue weighted by atomic mass is 127. The highest BCUT2D eigenvalue weighted by molar-refractivity contribution is 14.1. The molecule has 5 heteroatoms. The van der Waals surface area contributed by atoms with E-state index in [-0.39, 0.29) is 24.3 Å². The number of benzene rings is 2. The van der Waals surface area contributed by atoms with Gasteiger partial charge in [0.05, 0.1) is 12.5 Å². The van der Waals surface area contributed by atoms with Crippen LogP contribution < -0.4 is 5.32 Å². The molecule has 128 valence electrons. The lowest BCUT2D eigenvalue weighted by Crippen LogP contribution is -2.33. The molecule has 0 radical (unpaired) electrons. The Balaban J connectivity index is 1.81. The number of fused-ring (bicyclic) bond motifs is 1. The van der Waals surface area contributed by atoms with Gasteiger partial charge in [-0.15, -0.1) is 0 Å². The first-order valence-corrected chi connectivity index (χ1v) is 9.15. The Labute approximate surface area is 161 Å². The minimum atomic E-state index is -0.289. The Kier molecular flexibility index (Phi) is 5.22. The Bertz CT molecular complexity index is 861.